The first-order valence-electron chi connectivity index (χ1n) is 6.05. The van der Waals surface area contributed by atoms with Crippen molar-refractivity contribution in [1.29, 1.82) is 0 Å². The Balaban J connectivity index is 1.95. The minimum Gasteiger partial charge on any atom is -0.366 e. The molecule has 1 spiro atoms. The minimum absolute atomic E-state index is 0.276. The lowest BCUT2D eigenvalue weighted by Crippen LogP contribution is -2.51. The highest BCUT2D eigenvalue weighted by molar-refractivity contribution is 6.07. The second kappa shape index (κ2) is 3.81. The Bertz CT molecular complexity index is 611. The van der Waals surface area contributed by atoms with Gasteiger partial charge >= 0.3 is 6.03 Å². The quantitative estimate of drug-likeness (QED) is 0.611. The predicted molar refractivity (Wildman–Crippen MR) is 66.4 cm³/mol. The molecule has 98 valence electrons. The number of urea groups is 1. The number of primary amides is 1. The van der Waals surface area contributed by atoms with Crippen LogP contribution in [0.2, 0.25) is 0 Å². The zero-order valence-corrected chi connectivity index (χ0v) is 10.2. The van der Waals surface area contributed by atoms with Gasteiger partial charge in [0.15, 0.2) is 0 Å². The molecule has 0 radical (unpaired) electrons. The van der Waals surface area contributed by atoms with Gasteiger partial charge in [-0.2, -0.15) is 0 Å². The largest absolute Gasteiger partial charge is 0.366 e. The molecule has 0 aromatic heterocycles. The smallest absolute Gasteiger partial charge is 0.322 e. The van der Waals surface area contributed by atoms with Crippen LogP contribution in [-0.2, 0) is 17.6 Å². The van der Waals surface area contributed by atoms with Crippen LogP contribution in [0.5, 0.6) is 0 Å². The van der Waals surface area contributed by atoms with Crippen molar-refractivity contribution in [3.63, 3.8) is 0 Å². The second-order valence-corrected chi connectivity index (χ2v) is 5.01. The number of rotatable bonds is 1. The summed E-state index contributed by atoms with van der Waals surface area (Å²) in [6.45, 7) is 0. The van der Waals surface area contributed by atoms with E-state index < -0.39 is 17.5 Å². The van der Waals surface area contributed by atoms with Gasteiger partial charge in [0.1, 0.15) is 5.54 Å². The van der Waals surface area contributed by atoms with Gasteiger partial charge in [-0.3, -0.25) is 14.9 Å². The third-order valence-electron chi connectivity index (χ3n) is 3.82. The third-order valence-corrected chi connectivity index (χ3v) is 3.82. The number of amides is 4. The highest BCUT2D eigenvalue weighted by Gasteiger charge is 2.47. The first kappa shape index (κ1) is 11.7. The maximum Gasteiger partial charge on any atom is 0.322 e. The number of nitrogens with two attached hydrogens (primary N) is 1. The molecule has 1 aliphatic heterocycles. The van der Waals surface area contributed by atoms with Crippen molar-refractivity contribution in [1.82, 2.24) is 10.6 Å². The summed E-state index contributed by atoms with van der Waals surface area (Å²) in [5.74, 6) is -0.739. The molecule has 4 amide bonds. The lowest BCUT2D eigenvalue weighted by molar-refractivity contribution is -0.124. The number of fused-ring (bicyclic) bond motifs is 1. The predicted octanol–water partition coefficient (Wildman–Crippen LogP) is -0.148. The molecule has 1 fully saturated rings. The van der Waals surface area contributed by atoms with Gasteiger partial charge in [-0.1, -0.05) is 6.07 Å². The number of carbonyl (C=O) groups is 3. The summed E-state index contributed by atoms with van der Waals surface area (Å²) >= 11 is 0. The van der Waals surface area contributed by atoms with Gasteiger partial charge < -0.3 is 11.1 Å². The number of aryl methyl sites for hydroxylation is 1. The van der Waals surface area contributed by atoms with Crippen molar-refractivity contribution in [3.8, 4) is 0 Å². The molecule has 1 aliphatic carbocycles. The van der Waals surface area contributed by atoms with Gasteiger partial charge in [-0.25, -0.2) is 4.79 Å². The summed E-state index contributed by atoms with van der Waals surface area (Å²) in [5.41, 5.74) is 6.85. The molecule has 19 heavy (non-hydrogen) atoms. The summed E-state index contributed by atoms with van der Waals surface area (Å²) in [6, 6.07) is 4.77. The SMILES string of the molecule is NC(=O)c1ccc2c(c1)CCC1(C2)NC(=O)NC1=O. The average Bonchev–Trinajstić information content (AvgIpc) is 2.63. The molecule has 1 aromatic rings. The fraction of sp³-hybridized carbons (Fsp3) is 0.308. The molecule has 1 atom stereocenters. The number of hydrogen-bond acceptors (Lipinski definition) is 3. The van der Waals surface area contributed by atoms with Crippen LogP contribution in [0, 0.1) is 0 Å². The Morgan fingerprint density at radius 3 is 2.68 bits per heavy atom. The monoisotopic (exact) mass is 259 g/mol. The van der Waals surface area contributed by atoms with Crippen LogP contribution < -0.4 is 16.4 Å². The van der Waals surface area contributed by atoms with E-state index in [1.54, 1.807) is 18.2 Å². The molecule has 4 N–H and O–H groups in total. The van der Waals surface area contributed by atoms with Gasteiger partial charge in [0.2, 0.25) is 5.91 Å². The van der Waals surface area contributed by atoms with Crippen LogP contribution in [0.25, 0.3) is 0 Å². The first-order chi connectivity index (χ1) is 9.00. The molecule has 1 saturated heterocycles. The standard InChI is InChI=1S/C13H13N3O3/c14-10(17)8-1-2-9-6-13(4-3-7(9)5-8)11(18)15-12(19)16-13/h1-2,5H,3-4,6H2,(H2,14,17)(H2,15,16,18,19). The zero-order chi connectivity index (χ0) is 13.6. The Hall–Kier alpha value is -2.37. The maximum absolute atomic E-state index is 11.9. The van der Waals surface area contributed by atoms with E-state index in [1.807, 2.05) is 0 Å². The fourth-order valence-corrected chi connectivity index (χ4v) is 2.77. The molecule has 1 unspecified atom stereocenters. The summed E-state index contributed by atoms with van der Waals surface area (Å²) in [5, 5.41) is 4.98. The molecule has 0 bridgehead atoms. The van der Waals surface area contributed by atoms with E-state index in [1.165, 1.54) is 0 Å². The topological polar surface area (TPSA) is 101 Å². The number of benzene rings is 1. The van der Waals surface area contributed by atoms with Crippen LogP contribution in [0.15, 0.2) is 18.2 Å². The lowest BCUT2D eigenvalue weighted by Gasteiger charge is -2.31. The maximum atomic E-state index is 11.9. The molecule has 0 saturated carbocycles. The third kappa shape index (κ3) is 1.76. The Labute approximate surface area is 109 Å². The van der Waals surface area contributed by atoms with Crippen molar-refractivity contribution < 1.29 is 14.4 Å². The van der Waals surface area contributed by atoms with Crippen LogP contribution in [0.1, 0.15) is 27.9 Å². The molecule has 3 rings (SSSR count). The Morgan fingerprint density at radius 1 is 1.26 bits per heavy atom. The zero-order valence-electron chi connectivity index (χ0n) is 10.2. The van der Waals surface area contributed by atoms with Gasteiger partial charge in [-0.15, -0.1) is 0 Å². The number of hydrogen-bond donors (Lipinski definition) is 3. The van der Waals surface area contributed by atoms with E-state index in [-0.39, 0.29) is 5.91 Å². The van der Waals surface area contributed by atoms with E-state index in [2.05, 4.69) is 10.6 Å². The molecular formula is C13H13N3O3. The molecular weight excluding hydrogens is 246 g/mol. The van der Waals surface area contributed by atoms with Gasteiger partial charge in [0.25, 0.3) is 5.91 Å². The Morgan fingerprint density at radius 2 is 2.05 bits per heavy atom. The summed E-state index contributed by atoms with van der Waals surface area (Å²) in [6.07, 6.45) is 1.60. The van der Waals surface area contributed by atoms with Crippen LogP contribution in [-0.4, -0.2) is 23.4 Å². The van der Waals surface area contributed by atoms with E-state index >= 15 is 0 Å². The number of carbonyl (C=O) groups excluding carboxylic acids is 3. The minimum atomic E-state index is -0.835. The highest BCUT2D eigenvalue weighted by Crippen LogP contribution is 2.31. The van der Waals surface area contributed by atoms with Gasteiger partial charge in [0.05, 0.1) is 0 Å². The fourth-order valence-electron chi connectivity index (χ4n) is 2.77. The summed E-state index contributed by atoms with van der Waals surface area (Å²) in [7, 11) is 0. The number of nitrogens with one attached hydrogen (secondary N) is 2. The number of imide groups is 1. The van der Waals surface area contributed by atoms with Crippen molar-refractivity contribution in [2.75, 3.05) is 0 Å². The summed E-state index contributed by atoms with van der Waals surface area (Å²) < 4.78 is 0. The van der Waals surface area contributed by atoms with Crippen molar-refractivity contribution in [2.24, 2.45) is 5.73 Å². The van der Waals surface area contributed by atoms with E-state index in [0.29, 0.717) is 24.8 Å². The molecule has 6 heteroatoms. The molecule has 2 aliphatic rings. The van der Waals surface area contributed by atoms with Crippen LogP contribution in [0.3, 0.4) is 0 Å². The average molecular weight is 259 g/mol. The summed E-state index contributed by atoms with van der Waals surface area (Å²) in [4.78, 5) is 34.3. The first-order valence-corrected chi connectivity index (χ1v) is 6.05. The van der Waals surface area contributed by atoms with Crippen molar-refractivity contribution >= 4 is 17.8 Å². The van der Waals surface area contributed by atoms with Gasteiger partial charge in [-0.05, 0) is 36.1 Å². The normalized spacial score (nSPS) is 24.8. The Kier molecular flexibility index (Phi) is 2.35. The second-order valence-electron chi connectivity index (χ2n) is 5.01. The van der Waals surface area contributed by atoms with Crippen molar-refractivity contribution in [3.05, 3.63) is 34.9 Å². The van der Waals surface area contributed by atoms with E-state index in [9.17, 15) is 14.4 Å². The van der Waals surface area contributed by atoms with Crippen LogP contribution in [0.4, 0.5) is 4.79 Å². The molecule has 1 aromatic carbocycles. The molecule has 6 nitrogen and oxygen atoms in total. The highest BCUT2D eigenvalue weighted by atomic mass is 16.2. The lowest BCUT2D eigenvalue weighted by atomic mass is 9.77. The van der Waals surface area contributed by atoms with Gasteiger partial charge in [0, 0.05) is 12.0 Å². The van der Waals surface area contributed by atoms with E-state index in [0.717, 1.165) is 11.1 Å². The molecule has 1 heterocycles. The van der Waals surface area contributed by atoms with Crippen LogP contribution >= 0.6 is 0 Å². The van der Waals surface area contributed by atoms with E-state index in [4.69, 9.17) is 5.73 Å². The van der Waals surface area contributed by atoms with Crippen molar-refractivity contribution in [2.45, 2.75) is 24.8 Å².